The molecule has 0 unspecified atom stereocenters. The van der Waals surface area contributed by atoms with E-state index >= 15 is 0 Å². The van der Waals surface area contributed by atoms with Crippen LogP contribution >= 0.6 is 0 Å². The maximum atomic E-state index is 6.58. The average Bonchev–Trinajstić information content (AvgIpc) is 3.50. The predicted molar refractivity (Wildman–Crippen MR) is 195 cm³/mol. The van der Waals surface area contributed by atoms with Crippen LogP contribution in [0.15, 0.2) is 95.4 Å². The fourth-order valence-corrected chi connectivity index (χ4v) is 6.97. The Balaban J connectivity index is 1.41. The molecule has 4 heteroatoms. The quantitative estimate of drug-likeness (QED) is 0.0814. The van der Waals surface area contributed by atoms with Gasteiger partial charge in [0.15, 0.2) is 17.1 Å². The highest BCUT2D eigenvalue weighted by Gasteiger charge is 2.24. The Labute approximate surface area is 276 Å². The van der Waals surface area contributed by atoms with Gasteiger partial charge in [-0.15, -0.1) is 0 Å². The van der Waals surface area contributed by atoms with Crippen molar-refractivity contribution in [1.82, 2.24) is 4.90 Å². The number of nitrogens with zero attached hydrogens (tertiary/aromatic N) is 2. The van der Waals surface area contributed by atoms with Gasteiger partial charge in [-0.2, -0.15) is 0 Å². The first-order valence-electron chi connectivity index (χ1n) is 17.3. The molecule has 4 nitrogen and oxygen atoms in total. The van der Waals surface area contributed by atoms with Gasteiger partial charge in [-0.1, -0.05) is 97.3 Å². The maximum absolute atomic E-state index is 6.58. The summed E-state index contributed by atoms with van der Waals surface area (Å²) in [4.78, 5) is 2.56. The molecule has 242 valence electrons. The van der Waals surface area contributed by atoms with Gasteiger partial charge >= 0.3 is 0 Å². The second-order valence-electron chi connectivity index (χ2n) is 13.0. The van der Waals surface area contributed by atoms with Gasteiger partial charge in [-0.25, -0.2) is 0 Å². The Morgan fingerprint density at radius 1 is 0.783 bits per heavy atom. The first-order valence-corrected chi connectivity index (χ1v) is 17.3. The van der Waals surface area contributed by atoms with Gasteiger partial charge in [0.25, 0.3) is 0 Å². The molecule has 0 aliphatic heterocycles. The number of methoxy groups -OCH3 is 1. The first kappa shape index (κ1) is 33.3. The summed E-state index contributed by atoms with van der Waals surface area (Å²) in [5.74, 6) is 1.69. The van der Waals surface area contributed by atoms with Crippen molar-refractivity contribution in [3.05, 3.63) is 119 Å². The van der Waals surface area contributed by atoms with E-state index < -0.39 is 0 Å². The van der Waals surface area contributed by atoms with E-state index in [4.69, 9.17) is 9.15 Å². The van der Waals surface area contributed by atoms with Crippen LogP contribution in [0.3, 0.4) is 0 Å². The maximum Gasteiger partial charge on any atom is 0.176 e. The smallest absolute Gasteiger partial charge is 0.176 e. The van der Waals surface area contributed by atoms with E-state index in [0.717, 1.165) is 78.9 Å². The van der Waals surface area contributed by atoms with Crippen LogP contribution in [0, 0.1) is 13.8 Å². The summed E-state index contributed by atoms with van der Waals surface area (Å²) in [5.41, 5.74) is 7.49. The summed E-state index contributed by atoms with van der Waals surface area (Å²) in [6.07, 6.45) is 6.76. The van der Waals surface area contributed by atoms with Crippen LogP contribution in [-0.4, -0.2) is 42.7 Å². The molecule has 4 aromatic carbocycles. The Morgan fingerprint density at radius 2 is 1.52 bits per heavy atom. The average molecular weight is 618 g/mol. The molecule has 0 atom stereocenters. The van der Waals surface area contributed by atoms with Gasteiger partial charge in [0, 0.05) is 24.0 Å². The van der Waals surface area contributed by atoms with Crippen LogP contribution < -0.4 is 4.74 Å². The van der Waals surface area contributed by atoms with Crippen LogP contribution in [0.5, 0.6) is 5.75 Å². The van der Waals surface area contributed by atoms with Crippen molar-refractivity contribution in [2.24, 2.45) is 0 Å². The Kier molecular flexibility index (Phi) is 11.2. The fraction of sp³-hybridized carbons (Fsp3) is 0.381. The predicted octanol–water partition coefficient (Wildman–Crippen LogP) is 10.7. The number of hydrogen-bond donors (Lipinski definition) is 0. The number of allylic oxidation sites excluding steroid dienone is 1. The van der Waals surface area contributed by atoms with Gasteiger partial charge in [-0.3, -0.25) is 0 Å². The van der Waals surface area contributed by atoms with Crippen molar-refractivity contribution in [2.75, 3.05) is 33.3 Å². The summed E-state index contributed by atoms with van der Waals surface area (Å²) < 4.78 is 13.4. The minimum Gasteiger partial charge on any atom is -0.493 e. The van der Waals surface area contributed by atoms with Gasteiger partial charge in [0.1, 0.15) is 6.54 Å². The van der Waals surface area contributed by atoms with Crippen LogP contribution in [0.4, 0.5) is 0 Å². The van der Waals surface area contributed by atoms with E-state index in [1.54, 1.807) is 7.11 Å². The molecule has 46 heavy (non-hydrogen) atoms. The van der Waals surface area contributed by atoms with Crippen molar-refractivity contribution in [2.45, 2.75) is 73.4 Å². The van der Waals surface area contributed by atoms with Crippen LogP contribution in [0.1, 0.15) is 74.5 Å². The molecule has 0 spiro atoms. The monoisotopic (exact) mass is 617 g/mol. The number of fused-ring (bicyclic) bond motifs is 2. The molecular weight excluding hydrogens is 564 g/mol. The van der Waals surface area contributed by atoms with Gasteiger partial charge in [-0.05, 0) is 81.5 Å². The van der Waals surface area contributed by atoms with Crippen molar-refractivity contribution in [3.8, 4) is 5.75 Å². The van der Waals surface area contributed by atoms with E-state index in [-0.39, 0.29) is 0 Å². The molecule has 0 bridgehead atoms. The number of benzene rings is 4. The van der Waals surface area contributed by atoms with E-state index in [2.05, 4.69) is 118 Å². The third-order valence-electron chi connectivity index (χ3n) is 9.59. The zero-order valence-corrected chi connectivity index (χ0v) is 28.9. The normalized spacial score (nSPS) is 12.3. The first-order chi connectivity index (χ1) is 22.4. The molecule has 0 radical (unpaired) electrons. The number of hydrogen-bond acceptors (Lipinski definition) is 3. The van der Waals surface area contributed by atoms with E-state index in [9.17, 15) is 0 Å². The number of para-hydroxylation sites is 1. The molecule has 0 fully saturated rings. The number of quaternary nitrogens is 1. The molecule has 0 N–H and O–H groups in total. The SMILES string of the molecule is CCC/C=C(/c1cc2cccc(OC)c2o1)N(CCCC[N+](CC)(CC)Cc1cc(C)cc(C)c1)Cc1ccc2ccccc2c1. The summed E-state index contributed by atoms with van der Waals surface area (Å²) in [7, 11) is 1.71. The molecule has 0 aliphatic rings. The lowest BCUT2D eigenvalue weighted by molar-refractivity contribution is -0.938. The molecule has 5 rings (SSSR count). The summed E-state index contributed by atoms with van der Waals surface area (Å²) >= 11 is 0. The highest BCUT2D eigenvalue weighted by atomic mass is 16.5. The van der Waals surface area contributed by atoms with Crippen LogP contribution in [0.25, 0.3) is 27.4 Å². The molecule has 1 heterocycles. The third-order valence-corrected chi connectivity index (χ3v) is 9.59. The van der Waals surface area contributed by atoms with Crippen molar-refractivity contribution < 1.29 is 13.6 Å². The summed E-state index contributed by atoms with van der Waals surface area (Å²) in [6.45, 7) is 17.8. The topological polar surface area (TPSA) is 25.6 Å². The second kappa shape index (κ2) is 15.5. The van der Waals surface area contributed by atoms with Crippen molar-refractivity contribution in [1.29, 1.82) is 0 Å². The number of aryl methyl sites for hydroxylation is 2. The summed E-state index contributed by atoms with van der Waals surface area (Å²) in [6, 6.07) is 30.9. The lowest BCUT2D eigenvalue weighted by atomic mass is 10.0. The molecular formula is C42H53N2O2+. The minimum atomic E-state index is 0.775. The molecule has 1 aromatic heterocycles. The largest absolute Gasteiger partial charge is 0.493 e. The fourth-order valence-electron chi connectivity index (χ4n) is 6.97. The molecule has 0 amide bonds. The summed E-state index contributed by atoms with van der Waals surface area (Å²) in [5, 5.41) is 3.63. The lowest BCUT2D eigenvalue weighted by Crippen LogP contribution is -2.47. The molecule has 0 aliphatic carbocycles. The number of rotatable bonds is 16. The Bertz CT molecular complexity index is 1740. The Morgan fingerprint density at radius 3 is 2.24 bits per heavy atom. The van der Waals surface area contributed by atoms with Crippen molar-refractivity contribution in [3.63, 3.8) is 0 Å². The lowest BCUT2D eigenvalue weighted by Gasteiger charge is -2.37. The second-order valence-corrected chi connectivity index (χ2v) is 13.0. The number of unbranched alkanes of at least 4 members (excludes halogenated alkanes) is 2. The molecule has 5 aromatic rings. The highest BCUT2D eigenvalue weighted by molar-refractivity contribution is 5.86. The van der Waals surface area contributed by atoms with E-state index in [0.29, 0.717) is 0 Å². The third kappa shape index (κ3) is 8.03. The van der Waals surface area contributed by atoms with Crippen LogP contribution in [-0.2, 0) is 13.1 Å². The Hall–Kier alpha value is -4.02. The number of ether oxygens (including phenoxy) is 1. The van der Waals surface area contributed by atoms with E-state index in [1.807, 2.05) is 12.1 Å². The minimum absolute atomic E-state index is 0.775. The zero-order valence-electron chi connectivity index (χ0n) is 28.9. The van der Waals surface area contributed by atoms with E-state index in [1.165, 1.54) is 51.7 Å². The highest BCUT2D eigenvalue weighted by Crippen LogP contribution is 2.34. The van der Waals surface area contributed by atoms with Gasteiger partial charge in [0.05, 0.1) is 32.4 Å². The standard InChI is InChI=1S/C42H53N2O2/c1-7-10-19-39(41-29-38-18-15-20-40(45-6)42(38)46-41)43(30-34-21-22-36-16-11-12-17-37(36)28-34)23-13-14-24-44(8-2,9-3)31-35-26-32(4)25-33(5)27-35/h11-12,15-22,25-29H,7-10,13-14,23-24,30-31H2,1-6H3/q+1/b39-19-. The zero-order chi connectivity index (χ0) is 32.5. The van der Waals surface area contributed by atoms with Gasteiger partial charge in [0.2, 0.25) is 0 Å². The van der Waals surface area contributed by atoms with Crippen LogP contribution in [0.2, 0.25) is 0 Å². The number of furan rings is 1. The molecule has 0 saturated carbocycles. The molecule has 0 saturated heterocycles. The van der Waals surface area contributed by atoms with Crippen molar-refractivity contribution >= 4 is 27.4 Å². The van der Waals surface area contributed by atoms with Gasteiger partial charge < -0.3 is 18.5 Å².